The highest BCUT2D eigenvalue weighted by molar-refractivity contribution is 8.13. The van der Waals surface area contributed by atoms with E-state index in [4.69, 9.17) is 33.2 Å². The molecule has 2 rings (SSSR count). The van der Waals surface area contributed by atoms with Crippen molar-refractivity contribution in [3.63, 3.8) is 0 Å². The lowest BCUT2D eigenvalue weighted by Crippen LogP contribution is -2.68. The van der Waals surface area contributed by atoms with Crippen molar-refractivity contribution in [3.05, 3.63) is 0 Å². The van der Waals surface area contributed by atoms with Crippen LogP contribution in [0, 0.1) is 0 Å². The molecule has 16 nitrogen and oxygen atoms in total. The zero-order valence-corrected chi connectivity index (χ0v) is 27.6. The third kappa shape index (κ3) is 12.4. The maximum atomic E-state index is 12.3. The maximum Gasteiger partial charge on any atom is 0.303 e. The summed E-state index contributed by atoms with van der Waals surface area (Å²) in [7, 11) is 0. The number of amides is 1. The molecule has 0 aromatic rings. The summed E-state index contributed by atoms with van der Waals surface area (Å²) in [6, 6.07) is -1.01. The average Bonchev–Trinajstić information content (AvgIpc) is 2.94. The molecule has 0 aromatic heterocycles. The highest BCUT2D eigenvalue weighted by Gasteiger charge is 2.55. The summed E-state index contributed by atoms with van der Waals surface area (Å²) in [5.74, 6) is -3.04. The molecule has 2 fully saturated rings. The number of carbonyl (C=O) groups is 6. The van der Waals surface area contributed by atoms with Crippen molar-refractivity contribution in [2.75, 3.05) is 19.0 Å². The molecular formula is C29H45NO15S. The Morgan fingerprint density at radius 1 is 0.717 bits per heavy atom. The molecule has 0 saturated carbocycles. The van der Waals surface area contributed by atoms with Crippen LogP contribution in [0.1, 0.15) is 67.2 Å². The second-order valence-electron chi connectivity index (χ2n) is 11.0. The lowest BCUT2D eigenvalue weighted by Gasteiger charge is -2.49. The quantitative estimate of drug-likeness (QED) is 0.117. The van der Waals surface area contributed by atoms with E-state index in [0.717, 1.165) is 40.5 Å². The smallest absolute Gasteiger partial charge is 0.303 e. The van der Waals surface area contributed by atoms with Gasteiger partial charge < -0.3 is 48.7 Å². The van der Waals surface area contributed by atoms with Crippen LogP contribution >= 0.6 is 11.8 Å². The predicted molar refractivity (Wildman–Crippen MR) is 158 cm³/mol. The van der Waals surface area contributed by atoms with Crippen LogP contribution in [0.3, 0.4) is 0 Å². The van der Waals surface area contributed by atoms with Crippen LogP contribution in [0.15, 0.2) is 0 Å². The van der Waals surface area contributed by atoms with Gasteiger partial charge in [0.05, 0.1) is 18.8 Å². The van der Waals surface area contributed by atoms with Crippen LogP contribution in [0.5, 0.6) is 0 Å². The van der Waals surface area contributed by atoms with E-state index in [2.05, 4.69) is 5.32 Å². The van der Waals surface area contributed by atoms with E-state index < -0.39 is 104 Å². The summed E-state index contributed by atoms with van der Waals surface area (Å²) >= 11 is 1.22. The molecular weight excluding hydrogens is 634 g/mol. The second kappa shape index (κ2) is 19.1. The van der Waals surface area contributed by atoms with Crippen molar-refractivity contribution in [2.24, 2.45) is 0 Å². The fourth-order valence-corrected chi connectivity index (χ4v) is 5.93. The van der Waals surface area contributed by atoms with Crippen LogP contribution in [-0.4, -0.2) is 125 Å². The van der Waals surface area contributed by atoms with E-state index in [1.165, 1.54) is 25.6 Å². The highest BCUT2D eigenvalue weighted by atomic mass is 32.2. The van der Waals surface area contributed by atoms with Gasteiger partial charge in [0, 0.05) is 47.3 Å². The summed E-state index contributed by atoms with van der Waals surface area (Å²) in [5.41, 5.74) is 0. The predicted octanol–water partition coefficient (Wildman–Crippen LogP) is -0.0799. The molecule has 46 heavy (non-hydrogen) atoms. The number of rotatable bonds is 15. The van der Waals surface area contributed by atoms with Crippen molar-refractivity contribution in [1.82, 2.24) is 5.32 Å². The zero-order chi connectivity index (χ0) is 34.6. The van der Waals surface area contributed by atoms with Gasteiger partial charge in [-0.3, -0.25) is 28.8 Å². The molecule has 2 saturated heterocycles. The van der Waals surface area contributed by atoms with E-state index in [-0.39, 0.29) is 5.12 Å². The number of thioether (sulfide) groups is 1. The van der Waals surface area contributed by atoms with E-state index in [9.17, 15) is 39.0 Å². The lowest BCUT2D eigenvalue weighted by molar-refractivity contribution is -0.335. The second-order valence-corrected chi connectivity index (χ2v) is 12.2. The fourth-order valence-electron chi connectivity index (χ4n) is 5.29. The van der Waals surface area contributed by atoms with Crippen LogP contribution in [0.4, 0.5) is 0 Å². The van der Waals surface area contributed by atoms with Crippen molar-refractivity contribution in [2.45, 2.75) is 128 Å². The summed E-state index contributed by atoms with van der Waals surface area (Å²) in [5, 5.41) is 24.1. The SMILES string of the molecule is CC(=O)N[C@@H]1[C@@H](O[C@@H]2O[C@H](COC(C)=O)[C@H](OC(C)=O)[C@H](OC(C)=O)[C@H]2OC(C)=O)[C@@H](O)[C@@H](CO)O[C@@H]1CCCCCSC(C)=O. The number of aliphatic hydroxyl groups excluding tert-OH is 2. The Labute approximate surface area is 271 Å². The molecule has 2 heterocycles. The van der Waals surface area contributed by atoms with Gasteiger partial charge in [-0.25, -0.2) is 0 Å². The maximum absolute atomic E-state index is 12.3. The molecule has 2 aliphatic rings. The lowest BCUT2D eigenvalue weighted by atomic mass is 9.89. The van der Waals surface area contributed by atoms with Crippen molar-refractivity contribution in [1.29, 1.82) is 0 Å². The number of esters is 4. The van der Waals surface area contributed by atoms with Gasteiger partial charge in [0.1, 0.15) is 31.0 Å². The molecule has 3 N–H and O–H groups in total. The number of ether oxygens (including phenoxy) is 7. The van der Waals surface area contributed by atoms with Crippen LogP contribution in [-0.2, 0) is 61.9 Å². The minimum atomic E-state index is -1.64. The first-order valence-electron chi connectivity index (χ1n) is 14.9. The summed E-state index contributed by atoms with van der Waals surface area (Å²) < 4.78 is 39.6. The Balaban J connectivity index is 2.48. The molecule has 17 heteroatoms. The summed E-state index contributed by atoms with van der Waals surface area (Å²) in [6.45, 7) is 6.01. The largest absolute Gasteiger partial charge is 0.463 e. The first-order chi connectivity index (χ1) is 21.6. The van der Waals surface area contributed by atoms with Gasteiger partial charge in [-0.15, -0.1) is 0 Å². The van der Waals surface area contributed by atoms with E-state index in [0.29, 0.717) is 18.6 Å². The van der Waals surface area contributed by atoms with Gasteiger partial charge in [-0.05, 0) is 12.8 Å². The number of nitrogens with one attached hydrogen (secondary N) is 1. The average molecular weight is 680 g/mol. The van der Waals surface area contributed by atoms with Crippen LogP contribution in [0.25, 0.3) is 0 Å². The summed E-state index contributed by atoms with van der Waals surface area (Å²) in [6.07, 6.45) is -9.80. The molecule has 262 valence electrons. The van der Waals surface area contributed by atoms with Gasteiger partial charge in [0.25, 0.3) is 0 Å². The van der Waals surface area contributed by atoms with E-state index in [1.807, 2.05) is 0 Å². The molecule has 0 spiro atoms. The first-order valence-corrected chi connectivity index (χ1v) is 15.9. The van der Waals surface area contributed by atoms with Gasteiger partial charge in [-0.2, -0.15) is 0 Å². The number of unbranched alkanes of at least 4 members (excludes halogenated alkanes) is 2. The Morgan fingerprint density at radius 3 is 1.87 bits per heavy atom. The normalized spacial score (nSPS) is 30.9. The number of aliphatic hydroxyl groups is 2. The van der Waals surface area contributed by atoms with Crippen LogP contribution in [0.2, 0.25) is 0 Å². The Hall–Kier alpha value is -2.83. The molecule has 0 aromatic carbocycles. The fraction of sp³-hybridized carbons (Fsp3) is 0.793. The Morgan fingerprint density at radius 2 is 1.33 bits per heavy atom. The first kappa shape index (κ1) is 39.3. The van der Waals surface area contributed by atoms with E-state index >= 15 is 0 Å². The highest BCUT2D eigenvalue weighted by Crippen LogP contribution is 2.34. The molecule has 0 unspecified atom stereocenters. The molecule has 2 aliphatic heterocycles. The minimum Gasteiger partial charge on any atom is -0.463 e. The third-order valence-corrected chi connectivity index (χ3v) is 7.95. The Bertz CT molecular complexity index is 1070. The van der Waals surface area contributed by atoms with E-state index in [1.54, 1.807) is 0 Å². The topological polar surface area (TPSA) is 220 Å². The van der Waals surface area contributed by atoms with Gasteiger partial charge >= 0.3 is 23.9 Å². The Kier molecular flexibility index (Phi) is 16.3. The minimum absolute atomic E-state index is 0.0169. The van der Waals surface area contributed by atoms with Crippen LogP contribution < -0.4 is 5.32 Å². The number of hydrogen-bond acceptors (Lipinski definition) is 16. The molecule has 10 atom stereocenters. The van der Waals surface area contributed by atoms with Crippen molar-refractivity contribution >= 4 is 46.7 Å². The van der Waals surface area contributed by atoms with Gasteiger partial charge in [-0.1, -0.05) is 24.6 Å². The zero-order valence-electron chi connectivity index (χ0n) is 26.8. The molecule has 1 amide bonds. The number of hydrogen-bond donors (Lipinski definition) is 3. The molecule has 0 aliphatic carbocycles. The van der Waals surface area contributed by atoms with Gasteiger partial charge in [0.15, 0.2) is 29.7 Å². The van der Waals surface area contributed by atoms with Gasteiger partial charge in [0.2, 0.25) is 5.91 Å². The summed E-state index contributed by atoms with van der Waals surface area (Å²) in [4.78, 5) is 71.6. The third-order valence-electron chi connectivity index (χ3n) is 7.05. The van der Waals surface area contributed by atoms with Crippen molar-refractivity contribution < 1.29 is 72.1 Å². The monoisotopic (exact) mass is 679 g/mol. The van der Waals surface area contributed by atoms with Crippen molar-refractivity contribution in [3.8, 4) is 0 Å². The standard InChI is InChI=1S/C29H45NO15S/c1-14(32)30-23-20(10-8-7-9-11-46-19(6)37)43-21(12-31)24(38)26(23)45-29-28(42-18(5)36)27(41-17(4)35)25(40-16(3)34)22(44-29)13-39-15(2)33/h20-29,31,38H,7-13H2,1-6H3,(H,30,32)/t20-,21-,22-,23+,24+,25+,26-,27+,28-,29+/m1/s1. The number of carbonyl (C=O) groups excluding carboxylic acids is 6. The molecule has 0 bridgehead atoms. The molecule has 0 radical (unpaired) electrons.